The van der Waals surface area contributed by atoms with Gasteiger partial charge in [0.15, 0.2) is 0 Å². The van der Waals surface area contributed by atoms with Gasteiger partial charge in [-0.15, -0.1) is 5.10 Å². The largest absolute Gasteiger partial charge is 0.497 e. The van der Waals surface area contributed by atoms with E-state index in [-0.39, 0.29) is 17.5 Å². The molecule has 1 aliphatic rings. The number of benzene rings is 1. The summed E-state index contributed by atoms with van der Waals surface area (Å²) in [4.78, 5) is 0.220. The maximum Gasteiger partial charge on any atom is 0.243 e. The molecule has 0 saturated carbocycles. The number of sulfonamides is 1. The molecular weight excluding hydrogens is 330 g/mol. The molecule has 1 atom stereocenters. The minimum atomic E-state index is -3.57. The molecule has 2 aromatic rings. The molecular formula is C16H19N3O4S. The zero-order valence-corrected chi connectivity index (χ0v) is 14.4. The van der Waals surface area contributed by atoms with E-state index in [1.807, 2.05) is 13.0 Å². The van der Waals surface area contributed by atoms with Crippen LogP contribution >= 0.6 is 0 Å². The van der Waals surface area contributed by atoms with Gasteiger partial charge < -0.3 is 9.47 Å². The Morgan fingerprint density at radius 1 is 1.21 bits per heavy atom. The minimum Gasteiger partial charge on any atom is -0.497 e. The summed E-state index contributed by atoms with van der Waals surface area (Å²) in [5.74, 6) is 0.921. The summed E-state index contributed by atoms with van der Waals surface area (Å²) in [5.41, 5.74) is 0.802. The first-order valence-electron chi connectivity index (χ1n) is 7.60. The Hall–Kier alpha value is -2.19. The van der Waals surface area contributed by atoms with Crippen LogP contribution in [0, 0.1) is 6.92 Å². The summed E-state index contributed by atoms with van der Waals surface area (Å²) in [7, 11) is -2.06. The Morgan fingerprint density at radius 2 is 2.04 bits per heavy atom. The van der Waals surface area contributed by atoms with Crippen LogP contribution in [0.3, 0.4) is 0 Å². The van der Waals surface area contributed by atoms with Gasteiger partial charge in [0, 0.05) is 18.7 Å². The van der Waals surface area contributed by atoms with Crippen molar-refractivity contribution in [1.82, 2.24) is 14.5 Å². The molecule has 0 aliphatic carbocycles. The van der Waals surface area contributed by atoms with Gasteiger partial charge in [-0.1, -0.05) is 6.07 Å². The SMILES string of the molecule is COc1cccc(S(=O)(=O)N2CCC(Oc3ccc(C)nn3)C2)c1. The van der Waals surface area contributed by atoms with E-state index in [0.717, 1.165) is 5.69 Å². The standard InChI is InChI=1S/C16H19N3O4S/c1-12-6-7-16(18-17-12)23-14-8-9-19(11-14)24(20,21)15-5-3-4-13(10-15)22-2/h3-7,10,14H,8-9,11H2,1-2H3. The Bertz CT molecular complexity index is 808. The van der Waals surface area contributed by atoms with Crippen molar-refractivity contribution in [2.45, 2.75) is 24.3 Å². The molecule has 0 bridgehead atoms. The fourth-order valence-corrected chi connectivity index (χ4v) is 4.07. The molecule has 0 spiro atoms. The average Bonchev–Trinajstić information content (AvgIpc) is 3.06. The smallest absolute Gasteiger partial charge is 0.243 e. The van der Waals surface area contributed by atoms with Crippen molar-refractivity contribution in [3.05, 3.63) is 42.1 Å². The molecule has 128 valence electrons. The number of aryl methyl sites for hydroxylation is 1. The lowest BCUT2D eigenvalue weighted by Crippen LogP contribution is -2.31. The summed E-state index contributed by atoms with van der Waals surface area (Å²) in [6, 6.07) is 10.0. The lowest BCUT2D eigenvalue weighted by molar-refractivity contribution is 0.204. The minimum absolute atomic E-state index is 0.220. The van der Waals surface area contributed by atoms with E-state index in [9.17, 15) is 8.42 Å². The molecule has 3 rings (SSSR count). The number of hydrogen-bond donors (Lipinski definition) is 0. The third-order valence-corrected chi connectivity index (χ3v) is 5.71. The highest BCUT2D eigenvalue weighted by Gasteiger charge is 2.34. The number of rotatable bonds is 5. The van der Waals surface area contributed by atoms with Crippen molar-refractivity contribution in [3.8, 4) is 11.6 Å². The van der Waals surface area contributed by atoms with E-state index >= 15 is 0 Å². The second-order valence-corrected chi connectivity index (χ2v) is 7.52. The molecule has 1 saturated heterocycles. The summed E-state index contributed by atoms with van der Waals surface area (Å²) in [5, 5.41) is 7.89. The number of hydrogen-bond acceptors (Lipinski definition) is 6. The molecule has 1 aliphatic heterocycles. The van der Waals surface area contributed by atoms with Gasteiger partial charge in [-0.25, -0.2) is 8.42 Å². The second kappa shape index (κ2) is 6.74. The molecule has 0 N–H and O–H groups in total. The van der Waals surface area contributed by atoms with Crippen LogP contribution in [0.2, 0.25) is 0 Å². The fraction of sp³-hybridized carbons (Fsp3) is 0.375. The van der Waals surface area contributed by atoms with Crippen LogP contribution in [-0.4, -0.2) is 49.2 Å². The molecule has 0 radical (unpaired) electrons. The predicted molar refractivity (Wildman–Crippen MR) is 87.6 cm³/mol. The topological polar surface area (TPSA) is 81.6 Å². The lowest BCUT2D eigenvalue weighted by Gasteiger charge is -2.17. The van der Waals surface area contributed by atoms with Crippen LogP contribution in [0.15, 0.2) is 41.3 Å². The average molecular weight is 349 g/mol. The van der Waals surface area contributed by atoms with Gasteiger partial charge in [0.05, 0.1) is 24.2 Å². The maximum absolute atomic E-state index is 12.7. The lowest BCUT2D eigenvalue weighted by atomic mass is 10.3. The monoisotopic (exact) mass is 349 g/mol. The Kier molecular flexibility index (Phi) is 4.68. The van der Waals surface area contributed by atoms with Crippen molar-refractivity contribution in [3.63, 3.8) is 0 Å². The molecule has 1 fully saturated rings. The van der Waals surface area contributed by atoms with Gasteiger partial charge in [0.2, 0.25) is 15.9 Å². The van der Waals surface area contributed by atoms with Crippen LogP contribution in [0.25, 0.3) is 0 Å². The van der Waals surface area contributed by atoms with Gasteiger partial charge in [-0.3, -0.25) is 0 Å². The quantitative estimate of drug-likeness (QED) is 0.816. The zero-order valence-electron chi connectivity index (χ0n) is 13.5. The van der Waals surface area contributed by atoms with Crippen molar-refractivity contribution in [2.75, 3.05) is 20.2 Å². The number of ether oxygens (including phenoxy) is 2. The second-order valence-electron chi connectivity index (χ2n) is 5.58. The first kappa shape index (κ1) is 16.7. The predicted octanol–water partition coefficient (Wildman–Crippen LogP) is 1.64. The Balaban J connectivity index is 1.70. The summed E-state index contributed by atoms with van der Waals surface area (Å²) >= 11 is 0. The molecule has 1 aromatic heterocycles. The molecule has 0 amide bonds. The van der Waals surface area contributed by atoms with E-state index in [1.54, 1.807) is 24.3 Å². The Labute approximate surface area is 141 Å². The van der Waals surface area contributed by atoms with Crippen LogP contribution in [-0.2, 0) is 10.0 Å². The van der Waals surface area contributed by atoms with E-state index in [0.29, 0.717) is 24.6 Å². The van der Waals surface area contributed by atoms with Crippen LogP contribution in [0.4, 0.5) is 0 Å². The van der Waals surface area contributed by atoms with Crippen LogP contribution < -0.4 is 9.47 Å². The van der Waals surface area contributed by atoms with Crippen LogP contribution in [0.1, 0.15) is 12.1 Å². The van der Waals surface area contributed by atoms with Gasteiger partial charge in [0.25, 0.3) is 0 Å². The highest BCUT2D eigenvalue weighted by Crippen LogP contribution is 2.25. The first-order chi connectivity index (χ1) is 11.5. The molecule has 2 heterocycles. The number of methoxy groups -OCH3 is 1. The zero-order chi connectivity index (χ0) is 17.2. The van der Waals surface area contributed by atoms with E-state index < -0.39 is 10.0 Å². The van der Waals surface area contributed by atoms with Crippen molar-refractivity contribution >= 4 is 10.0 Å². The number of nitrogens with zero attached hydrogens (tertiary/aromatic N) is 3. The summed E-state index contributed by atoms with van der Waals surface area (Å²) < 4.78 is 37.7. The first-order valence-corrected chi connectivity index (χ1v) is 9.04. The van der Waals surface area contributed by atoms with Gasteiger partial charge >= 0.3 is 0 Å². The normalized spacial score (nSPS) is 18.5. The van der Waals surface area contributed by atoms with Gasteiger partial charge in [-0.05, 0) is 31.5 Å². The van der Waals surface area contributed by atoms with E-state index in [4.69, 9.17) is 9.47 Å². The number of aromatic nitrogens is 2. The highest BCUT2D eigenvalue weighted by atomic mass is 32.2. The summed E-state index contributed by atoms with van der Waals surface area (Å²) in [6.07, 6.45) is 0.376. The molecule has 8 heteroatoms. The highest BCUT2D eigenvalue weighted by molar-refractivity contribution is 7.89. The maximum atomic E-state index is 12.7. The van der Waals surface area contributed by atoms with E-state index in [1.165, 1.54) is 17.5 Å². The molecule has 7 nitrogen and oxygen atoms in total. The van der Waals surface area contributed by atoms with E-state index in [2.05, 4.69) is 10.2 Å². The van der Waals surface area contributed by atoms with Crippen molar-refractivity contribution in [2.24, 2.45) is 0 Å². The summed E-state index contributed by atoms with van der Waals surface area (Å²) in [6.45, 7) is 2.54. The molecule has 1 unspecified atom stereocenters. The third kappa shape index (κ3) is 3.49. The van der Waals surface area contributed by atoms with Gasteiger partial charge in [0.1, 0.15) is 11.9 Å². The van der Waals surface area contributed by atoms with Gasteiger partial charge in [-0.2, -0.15) is 9.40 Å². The molecule has 1 aromatic carbocycles. The van der Waals surface area contributed by atoms with Crippen molar-refractivity contribution < 1.29 is 17.9 Å². The Morgan fingerprint density at radius 3 is 2.75 bits per heavy atom. The van der Waals surface area contributed by atoms with Crippen LogP contribution in [0.5, 0.6) is 11.6 Å². The fourth-order valence-electron chi connectivity index (χ4n) is 2.54. The molecule has 24 heavy (non-hydrogen) atoms. The third-order valence-electron chi connectivity index (χ3n) is 3.85. The van der Waals surface area contributed by atoms with Crippen molar-refractivity contribution in [1.29, 1.82) is 0 Å².